The largest absolute Gasteiger partial charge is 0.573 e. The first kappa shape index (κ1) is 23.2. The Bertz CT molecular complexity index is 949. The molecule has 0 aliphatic carbocycles. The predicted molar refractivity (Wildman–Crippen MR) is 104 cm³/mol. The summed E-state index contributed by atoms with van der Waals surface area (Å²) in [6, 6.07) is 11.1. The molecule has 0 bridgehead atoms. The normalized spacial score (nSPS) is 12.1. The zero-order valence-corrected chi connectivity index (χ0v) is 17.9. The quantitative estimate of drug-likeness (QED) is 0.589. The van der Waals surface area contributed by atoms with E-state index in [-0.39, 0.29) is 23.7 Å². The van der Waals surface area contributed by atoms with E-state index in [9.17, 15) is 26.4 Å². The number of ether oxygens (including phenoxy) is 1. The first-order valence-electron chi connectivity index (χ1n) is 8.19. The van der Waals surface area contributed by atoms with Crippen molar-refractivity contribution in [3.8, 4) is 5.75 Å². The molecule has 2 aromatic carbocycles. The molecule has 158 valence electrons. The van der Waals surface area contributed by atoms with Gasteiger partial charge in [0.05, 0.1) is 11.4 Å². The maximum Gasteiger partial charge on any atom is 0.573 e. The van der Waals surface area contributed by atoms with Crippen molar-refractivity contribution in [2.75, 3.05) is 20.6 Å². The van der Waals surface area contributed by atoms with E-state index in [1.54, 1.807) is 12.1 Å². The van der Waals surface area contributed by atoms with Crippen LogP contribution in [0, 0.1) is 0 Å². The van der Waals surface area contributed by atoms with E-state index in [4.69, 9.17) is 0 Å². The molecular formula is C18H18BrF3N2O4S. The van der Waals surface area contributed by atoms with Crippen LogP contribution in [0.2, 0.25) is 0 Å². The molecule has 0 aromatic heterocycles. The fraction of sp³-hybridized carbons (Fsp3) is 0.278. The molecule has 0 aliphatic heterocycles. The molecule has 6 nitrogen and oxygen atoms in total. The van der Waals surface area contributed by atoms with Gasteiger partial charge in [0.15, 0.2) is 0 Å². The van der Waals surface area contributed by atoms with Crippen LogP contribution in [0.25, 0.3) is 0 Å². The van der Waals surface area contributed by atoms with E-state index in [1.165, 1.54) is 43.3 Å². The number of rotatable bonds is 7. The van der Waals surface area contributed by atoms with Crippen molar-refractivity contribution in [2.45, 2.75) is 17.8 Å². The topological polar surface area (TPSA) is 66.9 Å². The minimum absolute atomic E-state index is 0.0545. The van der Waals surface area contributed by atoms with Crippen molar-refractivity contribution in [2.24, 2.45) is 0 Å². The molecule has 0 N–H and O–H groups in total. The van der Waals surface area contributed by atoms with Gasteiger partial charge in [0.25, 0.3) is 0 Å². The van der Waals surface area contributed by atoms with Crippen molar-refractivity contribution < 1.29 is 31.1 Å². The number of alkyl halides is 3. The molecule has 1 amide bonds. The summed E-state index contributed by atoms with van der Waals surface area (Å²) < 4.78 is 67.1. The third kappa shape index (κ3) is 6.72. The molecule has 0 saturated heterocycles. The number of nitrogens with zero attached hydrogens (tertiary/aromatic N) is 2. The molecule has 0 aliphatic rings. The molecule has 0 radical (unpaired) electrons. The SMILES string of the molecule is CN(Cc1ccc(OC(F)(F)F)cc1)C(=O)CN(C)S(=O)(=O)c1ccc(Br)cc1. The molecule has 0 spiro atoms. The molecule has 11 heteroatoms. The van der Waals surface area contributed by atoms with Gasteiger partial charge in [0, 0.05) is 25.1 Å². The van der Waals surface area contributed by atoms with Crippen LogP contribution in [0.4, 0.5) is 13.2 Å². The summed E-state index contributed by atoms with van der Waals surface area (Å²) in [5.74, 6) is -0.834. The van der Waals surface area contributed by atoms with Gasteiger partial charge in [-0.3, -0.25) is 4.79 Å². The highest BCUT2D eigenvalue weighted by molar-refractivity contribution is 9.10. The molecule has 0 heterocycles. The number of benzene rings is 2. The van der Waals surface area contributed by atoms with Crippen LogP contribution >= 0.6 is 15.9 Å². The first-order valence-corrected chi connectivity index (χ1v) is 10.4. The fourth-order valence-corrected chi connectivity index (χ4v) is 3.73. The Morgan fingerprint density at radius 3 is 2.10 bits per heavy atom. The molecular weight excluding hydrogens is 477 g/mol. The van der Waals surface area contributed by atoms with E-state index in [2.05, 4.69) is 20.7 Å². The number of likely N-dealkylation sites (N-methyl/N-ethyl adjacent to an activating group) is 2. The highest BCUT2D eigenvalue weighted by Crippen LogP contribution is 2.23. The number of hydrogen-bond donors (Lipinski definition) is 0. The monoisotopic (exact) mass is 494 g/mol. The van der Waals surface area contributed by atoms with Crippen LogP contribution in [0.3, 0.4) is 0 Å². The van der Waals surface area contributed by atoms with Gasteiger partial charge in [-0.1, -0.05) is 28.1 Å². The highest BCUT2D eigenvalue weighted by atomic mass is 79.9. The van der Waals surface area contributed by atoms with E-state index < -0.39 is 22.3 Å². The Balaban J connectivity index is 1.98. The number of carbonyl (C=O) groups excluding carboxylic acids is 1. The first-order chi connectivity index (χ1) is 13.4. The van der Waals surface area contributed by atoms with Crippen LogP contribution in [0.15, 0.2) is 57.9 Å². The Morgan fingerprint density at radius 1 is 1.03 bits per heavy atom. The molecule has 0 unspecified atom stereocenters. The summed E-state index contributed by atoms with van der Waals surface area (Å²) in [4.78, 5) is 13.7. The van der Waals surface area contributed by atoms with E-state index in [1.807, 2.05) is 0 Å². The Kier molecular flexibility index (Phi) is 7.30. The minimum Gasteiger partial charge on any atom is -0.406 e. The standard InChI is InChI=1S/C18H18BrF3N2O4S/c1-23(11-13-3-7-15(8-4-13)28-18(20,21)22)17(25)12-24(2)29(26,27)16-9-5-14(19)6-10-16/h3-10H,11-12H2,1-2H3. The molecule has 0 fully saturated rings. The zero-order chi connectivity index (χ0) is 21.8. The van der Waals surface area contributed by atoms with Crippen LogP contribution in [0.1, 0.15) is 5.56 Å². The Labute approximate surface area is 175 Å². The number of hydrogen-bond acceptors (Lipinski definition) is 4. The lowest BCUT2D eigenvalue weighted by atomic mass is 10.2. The van der Waals surface area contributed by atoms with E-state index in [0.29, 0.717) is 5.56 Å². The summed E-state index contributed by atoms with van der Waals surface area (Å²) in [5, 5.41) is 0. The maximum absolute atomic E-state index is 12.5. The summed E-state index contributed by atoms with van der Waals surface area (Å²) in [7, 11) is -1.07. The molecule has 2 rings (SSSR count). The fourth-order valence-electron chi connectivity index (χ4n) is 2.34. The average molecular weight is 495 g/mol. The Hall–Kier alpha value is -2.11. The summed E-state index contributed by atoms with van der Waals surface area (Å²) >= 11 is 3.23. The van der Waals surface area contributed by atoms with Crippen LogP contribution in [0.5, 0.6) is 5.75 Å². The van der Waals surface area contributed by atoms with Crippen molar-refractivity contribution in [3.05, 3.63) is 58.6 Å². The highest BCUT2D eigenvalue weighted by Gasteiger charge is 2.31. The lowest BCUT2D eigenvalue weighted by Gasteiger charge is -2.22. The second kappa shape index (κ2) is 9.14. The van der Waals surface area contributed by atoms with Crippen molar-refractivity contribution >= 4 is 31.9 Å². The number of halogens is 4. The predicted octanol–water partition coefficient (Wildman–Crippen LogP) is 3.63. The molecule has 29 heavy (non-hydrogen) atoms. The van der Waals surface area contributed by atoms with Crippen molar-refractivity contribution in [1.82, 2.24) is 9.21 Å². The third-order valence-corrected chi connectivity index (χ3v) is 6.23. The van der Waals surface area contributed by atoms with Crippen LogP contribution < -0.4 is 4.74 Å². The van der Waals surface area contributed by atoms with Crippen molar-refractivity contribution in [3.63, 3.8) is 0 Å². The average Bonchev–Trinajstić information content (AvgIpc) is 2.62. The van der Waals surface area contributed by atoms with Crippen molar-refractivity contribution in [1.29, 1.82) is 0 Å². The van der Waals surface area contributed by atoms with Gasteiger partial charge in [-0.25, -0.2) is 8.42 Å². The summed E-state index contributed by atoms with van der Waals surface area (Å²) in [5.41, 5.74) is 0.564. The van der Waals surface area contributed by atoms with Gasteiger partial charge < -0.3 is 9.64 Å². The summed E-state index contributed by atoms with van der Waals surface area (Å²) in [6.45, 7) is -0.290. The minimum atomic E-state index is -4.78. The van der Waals surface area contributed by atoms with Gasteiger partial charge >= 0.3 is 6.36 Å². The van der Waals surface area contributed by atoms with Crippen LogP contribution in [-0.4, -0.2) is 50.5 Å². The second-order valence-corrected chi connectivity index (χ2v) is 9.12. The maximum atomic E-state index is 12.5. The van der Waals surface area contributed by atoms with E-state index >= 15 is 0 Å². The third-order valence-electron chi connectivity index (χ3n) is 3.88. The lowest BCUT2D eigenvalue weighted by molar-refractivity contribution is -0.274. The number of amides is 1. The lowest BCUT2D eigenvalue weighted by Crippen LogP contribution is -2.39. The Morgan fingerprint density at radius 2 is 1.59 bits per heavy atom. The molecule has 2 aromatic rings. The van der Waals surface area contributed by atoms with Gasteiger partial charge in [-0.05, 0) is 42.0 Å². The molecule has 0 atom stereocenters. The van der Waals surface area contributed by atoms with Gasteiger partial charge in [-0.2, -0.15) is 4.31 Å². The zero-order valence-electron chi connectivity index (χ0n) is 15.5. The van der Waals surface area contributed by atoms with Gasteiger partial charge in [-0.15, -0.1) is 13.2 Å². The van der Waals surface area contributed by atoms with E-state index in [0.717, 1.165) is 20.9 Å². The van der Waals surface area contributed by atoms with Crippen LogP contribution in [-0.2, 0) is 21.4 Å². The number of carbonyl (C=O) groups is 1. The van der Waals surface area contributed by atoms with Gasteiger partial charge in [0.1, 0.15) is 5.75 Å². The van der Waals surface area contributed by atoms with Gasteiger partial charge in [0.2, 0.25) is 15.9 Å². The number of sulfonamides is 1. The summed E-state index contributed by atoms with van der Waals surface area (Å²) in [6.07, 6.45) is -4.78. The second-order valence-electron chi connectivity index (χ2n) is 6.16. The molecule has 0 saturated carbocycles. The smallest absolute Gasteiger partial charge is 0.406 e.